The summed E-state index contributed by atoms with van der Waals surface area (Å²) < 4.78 is 0. The number of ketones is 1. The second-order valence-corrected chi connectivity index (χ2v) is 6.08. The number of hydrogen-bond acceptors (Lipinski definition) is 3. The van der Waals surface area contributed by atoms with Gasteiger partial charge in [0.15, 0.2) is 5.78 Å². The van der Waals surface area contributed by atoms with E-state index in [0.29, 0.717) is 18.0 Å². The average Bonchev–Trinajstić information content (AvgIpc) is 2.97. The van der Waals surface area contributed by atoms with Gasteiger partial charge in [0.2, 0.25) is 5.91 Å². The van der Waals surface area contributed by atoms with Crippen LogP contribution in [0.15, 0.2) is 29.2 Å². The first-order valence-corrected chi connectivity index (χ1v) is 8.38. The largest absolute Gasteiger partial charge is 0.353 e. The van der Waals surface area contributed by atoms with E-state index in [9.17, 15) is 9.59 Å². The van der Waals surface area contributed by atoms with Gasteiger partial charge in [-0.2, -0.15) is 0 Å². The van der Waals surface area contributed by atoms with Crippen molar-refractivity contribution in [3.05, 3.63) is 29.8 Å². The van der Waals surface area contributed by atoms with Crippen molar-refractivity contribution in [2.75, 3.05) is 6.26 Å². The van der Waals surface area contributed by atoms with Gasteiger partial charge in [-0.05, 0) is 31.2 Å². The molecule has 20 heavy (non-hydrogen) atoms. The third-order valence-corrected chi connectivity index (χ3v) is 4.45. The number of rotatable bonds is 6. The molecule has 0 bridgehead atoms. The molecule has 1 fully saturated rings. The normalized spacial score (nSPS) is 15.2. The minimum absolute atomic E-state index is 0.00554. The Morgan fingerprint density at radius 3 is 2.40 bits per heavy atom. The maximum Gasteiger partial charge on any atom is 0.220 e. The highest BCUT2D eigenvalue weighted by Crippen LogP contribution is 2.18. The van der Waals surface area contributed by atoms with Crippen molar-refractivity contribution >= 4 is 23.5 Å². The summed E-state index contributed by atoms with van der Waals surface area (Å²) in [4.78, 5) is 24.9. The molecule has 1 aromatic rings. The fourth-order valence-electron chi connectivity index (χ4n) is 2.52. The highest BCUT2D eigenvalue weighted by atomic mass is 32.2. The van der Waals surface area contributed by atoms with Crippen LogP contribution in [-0.2, 0) is 4.79 Å². The average molecular weight is 291 g/mol. The summed E-state index contributed by atoms with van der Waals surface area (Å²) >= 11 is 1.65. The Morgan fingerprint density at radius 1 is 1.15 bits per heavy atom. The molecule has 4 heteroatoms. The topological polar surface area (TPSA) is 46.2 Å². The first kappa shape index (κ1) is 15.1. The molecule has 108 valence electrons. The summed E-state index contributed by atoms with van der Waals surface area (Å²) in [6.07, 6.45) is 7.14. The minimum Gasteiger partial charge on any atom is -0.353 e. The summed E-state index contributed by atoms with van der Waals surface area (Å²) in [5.74, 6) is 0.0465. The summed E-state index contributed by atoms with van der Waals surface area (Å²) in [5, 5.41) is 3.01. The van der Waals surface area contributed by atoms with Crippen LogP contribution in [0.5, 0.6) is 0 Å². The van der Waals surface area contributed by atoms with E-state index in [1.54, 1.807) is 11.8 Å². The SMILES string of the molecule is CSc1ccc(C(=O)CCC(=O)NC2CCCC2)cc1. The predicted molar refractivity (Wildman–Crippen MR) is 82.2 cm³/mol. The molecule has 0 aliphatic heterocycles. The summed E-state index contributed by atoms with van der Waals surface area (Å²) in [5.41, 5.74) is 0.691. The van der Waals surface area contributed by atoms with Gasteiger partial charge >= 0.3 is 0 Å². The molecular formula is C16H21NO2S. The van der Waals surface area contributed by atoms with Crippen LogP contribution >= 0.6 is 11.8 Å². The molecule has 0 saturated heterocycles. The van der Waals surface area contributed by atoms with Crippen molar-refractivity contribution in [3.63, 3.8) is 0 Å². The van der Waals surface area contributed by atoms with Gasteiger partial charge in [0.25, 0.3) is 0 Å². The Hall–Kier alpha value is -1.29. The third-order valence-electron chi connectivity index (χ3n) is 3.71. The second-order valence-electron chi connectivity index (χ2n) is 5.20. The Labute approximate surface area is 124 Å². The highest BCUT2D eigenvalue weighted by molar-refractivity contribution is 7.98. The molecule has 0 spiro atoms. The summed E-state index contributed by atoms with van der Waals surface area (Å²) in [7, 11) is 0. The Kier molecular flexibility index (Phi) is 5.65. The molecule has 1 N–H and O–H groups in total. The van der Waals surface area contributed by atoms with E-state index >= 15 is 0 Å². The van der Waals surface area contributed by atoms with Crippen molar-refractivity contribution in [1.82, 2.24) is 5.32 Å². The smallest absolute Gasteiger partial charge is 0.220 e. The van der Waals surface area contributed by atoms with Crippen LogP contribution < -0.4 is 5.32 Å². The van der Waals surface area contributed by atoms with Gasteiger partial charge in [-0.1, -0.05) is 25.0 Å². The van der Waals surface area contributed by atoms with Gasteiger partial charge in [-0.25, -0.2) is 0 Å². The highest BCUT2D eigenvalue weighted by Gasteiger charge is 2.17. The minimum atomic E-state index is 0.00554. The number of amides is 1. The quantitative estimate of drug-likeness (QED) is 0.645. The molecule has 0 aromatic heterocycles. The fraction of sp³-hybridized carbons (Fsp3) is 0.500. The zero-order valence-corrected chi connectivity index (χ0v) is 12.7. The number of hydrogen-bond donors (Lipinski definition) is 1. The van der Waals surface area contributed by atoms with Crippen LogP contribution in [0.3, 0.4) is 0 Å². The first-order valence-electron chi connectivity index (χ1n) is 7.15. The van der Waals surface area contributed by atoms with Gasteiger partial charge in [0.1, 0.15) is 0 Å². The van der Waals surface area contributed by atoms with Gasteiger partial charge in [0.05, 0.1) is 0 Å². The zero-order chi connectivity index (χ0) is 14.4. The lowest BCUT2D eigenvalue weighted by Crippen LogP contribution is -2.32. The van der Waals surface area contributed by atoms with Crippen LogP contribution in [0.25, 0.3) is 0 Å². The van der Waals surface area contributed by atoms with Crippen LogP contribution in [0, 0.1) is 0 Å². The van der Waals surface area contributed by atoms with E-state index in [1.165, 1.54) is 12.8 Å². The number of thioether (sulfide) groups is 1. The molecule has 0 atom stereocenters. The van der Waals surface area contributed by atoms with Gasteiger partial charge in [-0.15, -0.1) is 11.8 Å². The van der Waals surface area contributed by atoms with E-state index in [2.05, 4.69) is 5.32 Å². The van der Waals surface area contributed by atoms with Crippen molar-refractivity contribution in [2.45, 2.75) is 49.5 Å². The van der Waals surface area contributed by atoms with E-state index in [4.69, 9.17) is 0 Å². The summed E-state index contributed by atoms with van der Waals surface area (Å²) in [6, 6.07) is 7.89. The predicted octanol–water partition coefficient (Wildman–Crippen LogP) is 3.43. The second kappa shape index (κ2) is 7.48. The Morgan fingerprint density at radius 2 is 1.80 bits per heavy atom. The lowest BCUT2D eigenvalue weighted by Gasteiger charge is -2.11. The van der Waals surface area contributed by atoms with Crippen molar-refractivity contribution in [3.8, 4) is 0 Å². The van der Waals surface area contributed by atoms with E-state index in [-0.39, 0.29) is 18.1 Å². The number of carbonyl (C=O) groups excluding carboxylic acids is 2. The van der Waals surface area contributed by atoms with Crippen LogP contribution in [-0.4, -0.2) is 24.0 Å². The van der Waals surface area contributed by atoms with Crippen LogP contribution in [0.2, 0.25) is 0 Å². The van der Waals surface area contributed by atoms with Crippen molar-refractivity contribution in [2.24, 2.45) is 0 Å². The first-order chi connectivity index (χ1) is 9.69. The maximum absolute atomic E-state index is 12.0. The van der Waals surface area contributed by atoms with Gasteiger partial charge < -0.3 is 5.32 Å². The van der Waals surface area contributed by atoms with Crippen molar-refractivity contribution < 1.29 is 9.59 Å². The molecule has 0 unspecified atom stereocenters. The van der Waals surface area contributed by atoms with Crippen LogP contribution in [0.1, 0.15) is 48.9 Å². The number of Topliss-reactive ketones (excluding diaryl/α,β-unsaturated/α-hetero) is 1. The molecule has 1 aliphatic rings. The zero-order valence-electron chi connectivity index (χ0n) is 11.9. The van der Waals surface area contributed by atoms with Crippen LogP contribution in [0.4, 0.5) is 0 Å². The van der Waals surface area contributed by atoms with E-state index < -0.39 is 0 Å². The number of carbonyl (C=O) groups is 2. The molecule has 3 nitrogen and oxygen atoms in total. The molecule has 0 radical (unpaired) electrons. The Bertz CT molecular complexity index is 464. The molecule has 1 amide bonds. The third kappa shape index (κ3) is 4.37. The lowest BCUT2D eigenvalue weighted by atomic mass is 10.1. The maximum atomic E-state index is 12.0. The molecule has 0 heterocycles. The molecule has 1 aliphatic carbocycles. The monoisotopic (exact) mass is 291 g/mol. The Balaban J connectivity index is 1.77. The molecular weight excluding hydrogens is 270 g/mol. The standard InChI is InChI=1S/C16H21NO2S/c1-20-14-8-6-12(7-9-14)15(18)10-11-16(19)17-13-4-2-3-5-13/h6-9,13H,2-5,10-11H2,1H3,(H,17,19). The molecule has 1 saturated carbocycles. The lowest BCUT2D eigenvalue weighted by molar-refractivity contribution is -0.121. The van der Waals surface area contributed by atoms with Gasteiger partial charge in [-0.3, -0.25) is 9.59 Å². The summed E-state index contributed by atoms with van der Waals surface area (Å²) in [6.45, 7) is 0. The molecule has 2 rings (SSSR count). The van der Waals surface area contributed by atoms with E-state index in [0.717, 1.165) is 17.7 Å². The van der Waals surface area contributed by atoms with E-state index in [1.807, 2.05) is 30.5 Å². The fourth-order valence-corrected chi connectivity index (χ4v) is 2.93. The number of benzene rings is 1. The number of nitrogens with one attached hydrogen (secondary N) is 1. The molecule has 1 aromatic carbocycles. The van der Waals surface area contributed by atoms with Gasteiger partial charge in [0, 0.05) is 29.3 Å². The van der Waals surface area contributed by atoms with Crippen molar-refractivity contribution in [1.29, 1.82) is 0 Å².